The first-order chi connectivity index (χ1) is 7.81. The van der Waals surface area contributed by atoms with Crippen LogP contribution in [0.15, 0.2) is 34.7 Å². The van der Waals surface area contributed by atoms with Gasteiger partial charge in [0.2, 0.25) is 9.84 Å². The number of halogens is 1. The molecule has 0 radical (unpaired) electrons. The number of hydrogen-bond donors (Lipinski definition) is 3. The average Bonchev–Trinajstić information content (AvgIpc) is 2.14. The minimum absolute atomic E-state index is 0.106. The van der Waals surface area contributed by atoms with Crippen molar-refractivity contribution in [3.8, 4) is 0 Å². The van der Waals surface area contributed by atoms with E-state index in [-0.39, 0.29) is 15.6 Å². The van der Waals surface area contributed by atoms with Crippen molar-refractivity contribution in [1.29, 1.82) is 0 Å². The maximum Gasteiger partial charge on any atom is 0.408 e. The normalized spacial score (nSPS) is 11.6. The van der Waals surface area contributed by atoms with Gasteiger partial charge in [-0.1, -0.05) is 11.6 Å². The van der Waals surface area contributed by atoms with Gasteiger partial charge in [0.05, 0.1) is 10.3 Å². The van der Waals surface area contributed by atoms with E-state index in [1.54, 1.807) is 5.32 Å². The summed E-state index contributed by atoms with van der Waals surface area (Å²) in [6.45, 7) is 0. The zero-order chi connectivity index (χ0) is 13.1. The van der Waals surface area contributed by atoms with Crippen LogP contribution in [0.5, 0.6) is 0 Å². The fraction of sp³-hybridized carbons (Fsp3) is 0. The number of carbonyl (C=O) groups is 1. The lowest BCUT2D eigenvalue weighted by Gasteiger charge is -2.02. The number of nitrogens with two attached hydrogens (primary N) is 1. The molecule has 0 spiro atoms. The van der Waals surface area contributed by atoms with Gasteiger partial charge in [0.15, 0.2) is 0 Å². The van der Waals surface area contributed by atoms with Gasteiger partial charge in [-0.15, -0.1) is 0 Å². The molecule has 0 aliphatic heterocycles. The predicted molar refractivity (Wildman–Crippen MR) is 63.4 cm³/mol. The number of amides is 1. The molecule has 0 bridgehead atoms. The standard InChI is InChI=1S/C9H9ClN2O4S/c10-6-3-7(11)5-8(4-6)17(15,16)2-1-12-9(13)14/h1-5,12H,11H2,(H,13,14). The Labute approximate surface area is 103 Å². The zero-order valence-corrected chi connectivity index (χ0v) is 9.99. The van der Waals surface area contributed by atoms with Gasteiger partial charge in [-0.3, -0.25) is 5.32 Å². The summed E-state index contributed by atoms with van der Waals surface area (Å²) in [6.07, 6.45) is -0.559. The fourth-order valence-electron chi connectivity index (χ4n) is 1.02. The minimum atomic E-state index is -3.77. The van der Waals surface area contributed by atoms with E-state index in [9.17, 15) is 13.2 Å². The van der Waals surface area contributed by atoms with Crippen LogP contribution in [0.1, 0.15) is 0 Å². The number of hydrogen-bond acceptors (Lipinski definition) is 4. The smallest absolute Gasteiger partial charge is 0.408 e. The Kier molecular flexibility index (Phi) is 3.97. The van der Waals surface area contributed by atoms with Crippen molar-refractivity contribution in [3.63, 3.8) is 0 Å². The Morgan fingerprint density at radius 2 is 2.06 bits per heavy atom. The van der Waals surface area contributed by atoms with Gasteiger partial charge in [0.1, 0.15) is 0 Å². The van der Waals surface area contributed by atoms with E-state index >= 15 is 0 Å². The van der Waals surface area contributed by atoms with Crippen LogP contribution in [0.2, 0.25) is 5.02 Å². The first-order valence-corrected chi connectivity index (χ1v) is 6.21. The number of sulfone groups is 1. The molecule has 1 rings (SSSR count). The van der Waals surface area contributed by atoms with Crippen molar-refractivity contribution in [2.75, 3.05) is 5.73 Å². The van der Waals surface area contributed by atoms with Crippen molar-refractivity contribution in [1.82, 2.24) is 5.32 Å². The second-order valence-corrected chi connectivity index (χ2v) is 5.29. The Bertz CT molecular complexity index is 548. The van der Waals surface area contributed by atoms with Crippen molar-refractivity contribution in [2.24, 2.45) is 0 Å². The van der Waals surface area contributed by atoms with Crippen LogP contribution in [0.3, 0.4) is 0 Å². The lowest BCUT2D eigenvalue weighted by atomic mass is 10.3. The van der Waals surface area contributed by atoms with Crippen LogP contribution in [-0.2, 0) is 9.84 Å². The number of anilines is 1. The third kappa shape index (κ3) is 3.97. The topological polar surface area (TPSA) is 109 Å². The van der Waals surface area contributed by atoms with Gasteiger partial charge in [-0.25, -0.2) is 13.2 Å². The molecule has 0 unspecified atom stereocenters. The summed E-state index contributed by atoms with van der Waals surface area (Å²) in [5, 5.41) is 11.0. The van der Waals surface area contributed by atoms with E-state index < -0.39 is 15.9 Å². The number of carboxylic acid groups (broad SMARTS) is 1. The van der Waals surface area contributed by atoms with E-state index in [1.807, 2.05) is 0 Å². The molecule has 1 aromatic rings. The third-order valence-corrected chi connectivity index (χ3v) is 3.28. The van der Waals surface area contributed by atoms with Crippen molar-refractivity contribution in [2.45, 2.75) is 4.90 Å². The van der Waals surface area contributed by atoms with Crippen molar-refractivity contribution in [3.05, 3.63) is 34.8 Å². The number of nitrogen functional groups attached to an aromatic ring is 1. The van der Waals surface area contributed by atoms with Crippen molar-refractivity contribution >= 4 is 33.2 Å². The molecule has 4 N–H and O–H groups in total. The van der Waals surface area contributed by atoms with E-state index in [1.165, 1.54) is 18.2 Å². The molecule has 8 heteroatoms. The lowest BCUT2D eigenvalue weighted by Crippen LogP contribution is -2.13. The molecule has 1 amide bonds. The van der Waals surface area contributed by atoms with Crippen molar-refractivity contribution < 1.29 is 18.3 Å². The van der Waals surface area contributed by atoms with E-state index in [0.29, 0.717) is 5.41 Å². The number of nitrogens with one attached hydrogen (secondary N) is 1. The fourth-order valence-corrected chi connectivity index (χ4v) is 2.33. The molecule has 0 atom stereocenters. The highest BCUT2D eigenvalue weighted by molar-refractivity contribution is 7.94. The Hall–Kier alpha value is -1.73. The summed E-state index contributed by atoms with van der Waals surface area (Å²) in [6, 6.07) is 3.85. The first kappa shape index (κ1) is 13.3. The largest absolute Gasteiger partial charge is 0.465 e. The quantitative estimate of drug-likeness (QED) is 0.724. The SMILES string of the molecule is Nc1cc(Cl)cc(S(=O)(=O)C=CNC(=O)O)c1. The average molecular weight is 277 g/mol. The Morgan fingerprint density at radius 3 is 2.59 bits per heavy atom. The molecule has 6 nitrogen and oxygen atoms in total. The summed E-state index contributed by atoms with van der Waals surface area (Å²) >= 11 is 5.66. The maximum atomic E-state index is 11.7. The lowest BCUT2D eigenvalue weighted by molar-refractivity contribution is 0.198. The van der Waals surface area contributed by atoms with Crippen LogP contribution in [-0.4, -0.2) is 19.6 Å². The number of rotatable bonds is 3. The molecule has 0 heterocycles. The summed E-state index contributed by atoms with van der Waals surface area (Å²) in [5.74, 6) is 0. The summed E-state index contributed by atoms with van der Waals surface area (Å²) < 4.78 is 23.4. The van der Waals surface area contributed by atoms with Gasteiger partial charge in [-0.05, 0) is 18.2 Å². The summed E-state index contributed by atoms with van der Waals surface area (Å²) in [5.41, 5.74) is 5.65. The molecule has 0 fully saturated rings. The molecule has 92 valence electrons. The van der Waals surface area contributed by atoms with Crippen LogP contribution in [0.4, 0.5) is 10.5 Å². The van der Waals surface area contributed by atoms with E-state index in [2.05, 4.69) is 0 Å². The molecular weight excluding hydrogens is 268 g/mol. The third-order valence-electron chi connectivity index (χ3n) is 1.68. The van der Waals surface area contributed by atoms with Gasteiger partial charge >= 0.3 is 6.09 Å². The van der Waals surface area contributed by atoms with E-state index in [4.69, 9.17) is 22.4 Å². The monoisotopic (exact) mass is 276 g/mol. The highest BCUT2D eigenvalue weighted by Gasteiger charge is 2.12. The van der Waals surface area contributed by atoms with Crippen LogP contribution >= 0.6 is 11.6 Å². The van der Waals surface area contributed by atoms with Crippen LogP contribution < -0.4 is 11.1 Å². The summed E-state index contributed by atoms with van der Waals surface area (Å²) in [4.78, 5) is 10.0. The Morgan fingerprint density at radius 1 is 1.41 bits per heavy atom. The number of benzene rings is 1. The molecule has 0 saturated heterocycles. The molecular formula is C9H9ClN2O4S. The van der Waals surface area contributed by atoms with Gasteiger partial charge in [0.25, 0.3) is 0 Å². The maximum absolute atomic E-state index is 11.7. The van der Waals surface area contributed by atoms with E-state index in [0.717, 1.165) is 6.20 Å². The predicted octanol–water partition coefficient (Wildman–Crippen LogP) is 1.43. The minimum Gasteiger partial charge on any atom is -0.465 e. The highest BCUT2D eigenvalue weighted by Crippen LogP contribution is 2.21. The van der Waals surface area contributed by atoms with Gasteiger partial charge in [0, 0.05) is 16.9 Å². The Balaban J connectivity index is 3.05. The first-order valence-electron chi connectivity index (χ1n) is 4.28. The molecule has 0 aliphatic rings. The van der Waals surface area contributed by atoms with Gasteiger partial charge in [-0.2, -0.15) is 0 Å². The molecule has 0 saturated carbocycles. The second kappa shape index (κ2) is 5.07. The molecule has 0 aromatic heterocycles. The zero-order valence-electron chi connectivity index (χ0n) is 8.42. The van der Waals surface area contributed by atoms with Gasteiger partial charge < -0.3 is 10.8 Å². The highest BCUT2D eigenvalue weighted by atomic mass is 35.5. The van der Waals surface area contributed by atoms with Crippen LogP contribution in [0.25, 0.3) is 0 Å². The molecule has 1 aromatic carbocycles. The summed E-state index contributed by atoms with van der Waals surface area (Å²) in [7, 11) is -3.77. The van der Waals surface area contributed by atoms with Crippen LogP contribution in [0, 0.1) is 0 Å². The molecule has 0 aliphatic carbocycles. The second-order valence-electron chi connectivity index (χ2n) is 3.02. The molecule has 17 heavy (non-hydrogen) atoms.